The number of nitrogens with zero attached hydrogens (tertiary/aromatic N) is 1. The maximum absolute atomic E-state index is 13.0. The van der Waals surface area contributed by atoms with Crippen LogP contribution < -0.4 is 5.11 Å². The van der Waals surface area contributed by atoms with Crippen LogP contribution in [0.25, 0.3) is 0 Å². The van der Waals surface area contributed by atoms with Gasteiger partial charge in [-0.3, -0.25) is 9.59 Å². The first-order chi connectivity index (χ1) is 45.1. The van der Waals surface area contributed by atoms with Crippen LogP contribution >= 0.6 is 0 Å². The Bertz CT molecular complexity index is 1560. The molecule has 0 aromatic rings. The smallest absolute Gasteiger partial charge is 0.306 e. The summed E-state index contributed by atoms with van der Waals surface area (Å²) < 4.78 is 22.9. The predicted octanol–water partition coefficient (Wildman–Crippen LogP) is 24.8. The second-order valence-electron chi connectivity index (χ2n) is 29.4. The molecule has 0 aliphatic rings. The summed E-state index contributed by atoms with van der Waals surface area (Å²) >= 11 is 0. The molecule has 0 fully saturated rings. The molecule has 9 nitrogen and oxygen atoms in total. The number of rotatable bonds is 78. The third-order valence-corrected chi connectivity index (χ3v) is 19.0. The van der Waals surface area contributed by atoms with Gasteiger partial charge in [-0.25, -0.2) is 0 Å². The van der Waals surface area contributed by atoms with Crippen LogP contribution in [-0.2, 0) is 33.3 Å². The molecule has 0 aliphatic heterocycles. The van der Waals surface area contributed by atoms with Gasteiger partial charge in [0.1, 0.15) is 13.2 Å². The van der Waals surface area contributed by atoms with Crippen molar-refractivity contribution < 1.29 is 42.9 Å². The molecule has 0 rings (SSSR count). The van der Waals surface area contributed by atoms with E-state index in [1.54, 1.807) is 0 Å². The van der Waals surface area contributed by atoms with E-state index in [9.17, 15) is 19.5 Å². The quantitative estimate of drug-likeness (QED) is 0.0195. The second kappa shape index (κ2) is 74.6. The molecule has 0 aromatic carbocycles. The van der Waals surface area contributed by atoms with Crippen LogP contribution in [0.4, 0.5) is 0 Å². The van der Waals surface area contributed by atoms with Crippen molar-refractivity contribution in [2.75, 3.05) is 47.5 Å². The molecule has 0 heterocycles. The predicted molar refractivity (Wildman–Crippen MR) is 394 cm³/mol. The van der Waals surface area contributed by atoms with Gasteiger partial charge in [-0.15, -0.1) is 0 Å². The molecule has 92 heavy (non-hydrogen) atoms. The number of carbonyl (C=O) groups excluding carboxylic acids is 3. The number of esters is 2. The van der Waals surface area contributed by atoms with E-state index >= 15 is 0 Å². The first-order valence-electron chi connectivity index (χ1n) is 41.0. The van der Waals surface area contributed by atoms with Crippen LogP contribution in [0.3, 0.4) is 0 Å². The highest BCUT2D eigenvalue weighted by molar-refractivity contribution is 5.70. The van der Waals surface area contributed by atoms with Crippen molar-refractivity contribution in [1.29, 1.82) is 0 Å². The molecule has 0 aliphatic carbocycles. The van der Waals surface area contributed by atoms with Crippen molar-refractivity contribution in [2.45, 2.75) is 444 Å². The Morgan fingerprint density at radius 2 is 0.587 bits per heavy atom. The molecule has 0 N–H and O–H groups in total. The number of likely N-dealkylation sites (N-methyl/N-ethyl adjacent to an activating group) is 1. The number of aliphatic carboxylic acids is 1. The van der Waals surface area contributed by atoms with Crippen molar-refractivity contribution in [3.05, 3.63) is 24.3 Å². The minimum Gasteiger partial charge on any atom is -0.545 e. The van der Waals surface area contributed by atoms with Crippen LogP contribution in [-0.4, -0.2) is 82.3 Å². The maximum atomic E-state index is 13.0. The van der Waals surface area contributed by atoms with Crippen molar-refractivity contribution in [3.8, 4) is 0 Å². The van der Waals surface area contributed by atoms with Gasteiger partial charge in [-0.2, -0.15) is 0 Å². The van der Waals surface area contributed by atoms with Gasteiger partial charge in [-0.1, -0.05) is 398 Å². The molecule has 0 spiro atoms. The average molecular weight is 1300 g/mol. The van der Waals surface area contributed by atoms with Crippen LogP contribution in [0.15, 0.2) is 24.3 Å². The van der Waals surface area contributed by atoms with Crippen LogP contribution in [0, 0.1) is 0 Å². The summed E-state index contributed by atoms with van der Waals surface area (Å²) in [6, 6.07) is 0. The number of allylic oxidation sites excluding steroid dienone is 4. The highest BCUT2D eigenvalue weighted by Crippen LogP contribution is 2.20. The lowest BCUT2D eigenvalue weighted by Crippen LogP contribution is -2.44. The lowest BCUT2D eigenvalue weighted by Gasteiger charge is -2.26. The summed E-state index contributed by atoms with van der Waals surface area (Å²) in [6.07, 6.45) is 91.8. The number of quaternary nitrogens is 1. The highest BCUT2D eigenvalue weighted by Gasteiger charge is 2.22. The summed E-state index contributed by atoms with van der Waals surface area (Å²) in [7, 11) is 5.96. The van der Waals surface area contributed by atoms with Crippen molar-refractivity contribution in [2.24, 2.45) is 0 Å². The number of hydrogen-bond acceptors (Lipinski definition) is 8. The molecule has 544 valence electrons. The summed E-state index contributed by atoms with van der Waals surface area (Å²) in [5.41, 5.74) is 0. The number of carbonyl (C=O) groups is 3. The zero-order chi connectivity index (χ0) is 66.8. The Morgan fingerprint density at radius 1 is 0.326 bits per heavy atom. The van der Waals surface area contributed by atoms with E-state index in [-0.39, 0.29) is 32.2 Å². The zero-order valence-corrected chi connectivity index (χ0v) is 62.5. The lowest BCUT2D eigenvalue weighted by atomic mass is 10.0. The third-order valence-electron chi connectivity index (χ3n) is 19.0. The van der Waals surface area contributed by atoms with Gasteiger partial charge in [0.15, 0.2) is 12.4 Å². The molecule has 0 amide bonds. The number of ether oxygens (including phenoxy) is 4. The minimum atomic E-state index is -1.62. The molecule has 2 atom stereocenters. The number of carboxylic acids is 1. The maximum Gasteiger partial charge on any atom is 0.306 e. The van der Waals surface area contributed by atoms with Gasteiger partial charge in [-0.05, 0) is 44.9 Å². The summed E-state index contributed by atoms with van der Waals surface area (Å²) in [4.78, 5) is 37.6. The fourth-order valence-corrected chi connectivity index (χ4v) is 12.7. The molecule has 0 radical (unpaired) electrons. The van der Waals surface area contributed by atoms with Gasteiger partial charge < -0.3 is 33.3 Å². The van der Waals surface area contributed by atoms with Gasteiger partial charge in [0, 0.05) is 12.8 Å². The Morgan fingerprint density at radius 3 is 0.859 bits per heavy atom. The fourth-order valence-electron chi connectivity index (χ4n) is 12.7. The SMILES string of the molecule is CCCCCCC/C=C\C/C=C\CCCCCCCCCCCCCCCCCCCCCCCC(=O)OC(COC(=O)CCCCCCCCCCCCCCCCCCCCCCCCCCCCCCCCCCCC)COC(OCC[N+](C)(C)C)C(=O)[O-]. The lowest BCUT2D eigenvalue weighted by molar-refractivity contribution is -0.870. The first-order valence-corrected chi connectivity index (χ1v) is 41.0. The Labute approximate surface area is 573 Å². The zero-order valence-electron chi connectivity index (χ0n) is 62.5. The summed E-state index contributed by atoms with van der Waals surface area (Å²) in [5.74, 6) is -2.24. The summed E-state index contributed by atoms with van der Waals surface area (Å²) in [5, 5.41) is 11.9. The van der Waals surface area contributed by atoms with E-state index in [2.05, 4.69) is 38.2 Å². The third kappa shape index (κ3) is 75.2. The van der Waals surface area contributed by atoms with Gasteiger partial charge in [0.2, 0.25) is 0 Å². The molecular formula is C83H159NO8. The van der Waals surface area contributed by atoms with Crippen LogP contribution in [0.1, 0.15) is 431 Å². The molecule has 2 unspecified atom stereocenters. The molecule has 9 heteroatoms. The van der Waals surface area contributed by atoms with Crippen LogP contribution in [0.5, 0.6) is 0 Å². The average Bonchev–Trinajstić information content (AvgIpc) is 3.69. The molecule has 0 saturated carbocycles. The monoisotopic (exact) mass is 1300 g/mol. The van der Waals surface area contributed by atoms with E-state index in [1.807, 2.05) is 21.1 Å². The first kappa shape index (κ1) is 89.8. The Balaban J connectivity index is 3.95. The second-order valence-corrected chi connectivity index (χ2v) is 29.4. The molecule has 0 bridgehead atoms. The topological polar surface area (TPSA) is 111 Å². The van der Waals surface area contributed by atoms with E-state index in [1.165, 1.54) is 360 Å². The standard InChI is InChI=1S/C83H159NO8/c1-6-8-10-12-14-16-18-20-22-24-26-28-30-32-34-36-38-40-42-43-45-47-49-51-53-55-57-59-61-63-65-67-69-71-73-80(85)90-77-79(78-91-83(82(87)88)89-76-75-84(3,4)5)92-81(86)74-72-70-68-66-64-62-60-58-56-54-52-50-48-46-44-41-39-37-35-33-31-29-27-25-23-21-19-17-15-13-11-9-7-2/h19,21,25,27,79,83H,6-18,20,22-24,26,28-78H2,1-5H3/b21-19-,27-25-. The van der Waals surface area contributed by atoms with E-state index in [0.29, 0.717) is 17.4 Å². The van der Waals surface area contributed by atoms with E-state index < -0.39 is 24.3 Å². The molecule has 0 aromatic heterocycles. The van der Waals surface area contributed by atoms with E-state index in [0.717, 1.165) is 44.9 Å². The Hall–Kier alpha value is -2.23. The number of hydrogen-bond donors (Lipinski definition) is 0. The minimum absolute atomic E-state index is 0.152. The summed E-state index contributed by atoms with van der Waals surface area (Å²) in [6.45, 7) is 4.83. The van der Waals surface area contributed by atoms with E-state index in [4.69, 9.17) is 18.9 Å². The van der Waals surface area contributed by atoms with Gasteiger partial charge in [0.05, 0.1) is 40.3 Å². The largest absolute Gasteiger partial charge is 0.545 e. The Kier molecular flexibility index (Phi) is 72.8. The normalized spacial score (nSPS) is 12.7. The van der Waals surface area contributed by atoms with Crippen molar-refractivity contribution in [1.82, 2.24) is 0 Å². The van der Waals surface area contributed by atoms with Gasteiger partial charge >= 0.3 is 11.9 Å². The van der Waals surface area contributed by atoms with Crippen molar-refractivity contribution >= 4 is 17.9 Å². The molecular weight excluding hydrogens is 1140 g/mol. The number of carboxylic acid groups (broad SMARTS) is 1. The van der Waals surface area contributed by atoms with Gasteiger partial charge in [0.25, 0.3) is 0 Å². The fraction of sp³-hybridized carbons (Fsp3) is 0.916. The molecule has 0 saturated heterocycles. The number of unbranched alkanes of at least 4 members (excludes halogenated alkanes) is 59. The van der Waals surface area contributed by atoms with Crippen molar-refractivity contribution in [3.63, 3.8) is 0 Å². The van der Waals surface area contributed by atoms with Crippen LogP contribution in [0.2, 0.25) is 0 Å². The highest BCUT2D eigenvalue weighted by atomic mass is 16.7.